The molecular weight excluding hydrogens is 817 g/mol. The molecule has 3 aliphatic carbocycles. The third kappa shape index (κ3) is 7.72. The Morgan fingerprint density at radius 1 is 0.672 bits per heavy atom. The molecule has 2 bridgehead atoms. The largest absolute Gasteiger partial charge is 0.489 e. The summed E-state index contributed by atoms with van der Waals surface area (Å²) in [5.41, 5.74) is 16.0. The van der Waals surface area contributed by atoms with Crippen LogP contribution in [-0.2, 0) is 0 Å². The van der Waals surface area contributed by atoms with Crippen molar-refractivity contribution in [1.29, 1.82) is 0 Å². The molecule has 3 nitrogen and oxygen atoms in total. The van der Waals surface area contributed by atoms with Gasteiger partial charge in [0.25, 0.3) is 0 Å². The summed E-state index contributed by atoms with van der Waals surface area (Å²) >= 11 is 0. The van der Waals surface area contributed by atoms with Gasteiger partial charge in [-0.05, 0) is 38.8 Å². The maximum Gasteiger partial charge on any atom is 0.119 e. The second kappa shape index (κ2) is 17.1. The predicted octanol–water partition coefficient (Wildman–Crippen LogP) is 14.5. The smallest absolute Gasteiger partial charge is 0.119 e. The summed E-state index contributed by atoms with van der Waals surface area (Å²) in [5.74, 6) is 3.93. The molecule has 3 heterocycles. The van der Waals surface area contributed by atoms with E-state index < -0.39 is 7.26 Å². The summed E-state index contributed by atoms with van der Waals surface area (Å²) in [6.07, 6.45) is 18.5. The number of pyridine rings is 1. The van der Waals surface area contributed by atoms with Crippen LogP contribution in [0, 0.1) is 26.7 Å². The summed E-state index contributed by atoms with van der Waals surface area (Å²) in [6, 6.07) is 47.3. The van der Waals surface area contributed by atoms with Gasteiger partial charge in [0.05, 0.1) is 0 Å². The van der Waals surface area contributed by atoms with Crippen molar-refractivity contribution >= 4 is 31.4 Å². The molecule has 11 rings (SSSR count). The van der Waals surface area contributed by atoms with Gasteiger partial charge in [0.2, 0.25) is 0 Å². The molecule has 2 aliphatic heterocycles. The molecule has 1 saturated heterocycles. The van der Waals surface area contributed by atoms with Crippen LogP contribution >= 0.6 is 15.2 Å². The number of aryl methyl sites for hydroxylation is 3. The number of nitrogens with zero attached hydrogens (tertiary/aromatic N) is 1. The zero-order valence-corrected chi connectivity index (χ0v) is 40.0. The minimum absolute atomic E-state index is 0.222. The summed E-state index contributed by atoms with van der Waals surface area (Å²) in [4.78, 5) is 5.72. The van der Waals surface area contributed by atoms with E-state index in [1.807, 2.05) is 0 Å². The standard InChI is InChI=1S/C59H61NO2P2/c1-38-11-22-48(23-12-38)61-54-28-13-39(2)31-57(54)63(5)49-24-20-45(21-25-49)52-35-46(44-18-16-43(17-19-44)42-9-7-6-8-10-42)36-53(60-52)51-27-26-50-34-47(51)37-64(50)58-32-40(3)14-29-55(58)62-56-30-15-41(4)33-59(56)64/h6-12,14-20,22-24,27,29-33,35-36,45,47,49-50,54,57,64H,13,21,25-26,28,34,37H2,1-5H3/t45?,47-,49?,50?,54?,57?,63?/m0/s1. The van der Waals surface area contributed by atoms with Gasteiger partial charge in [-0.2, -0.15) is 0 Å². The van der Waals surface area contributed by atoms with Crippen LogP contribution in [0.5, 0.6) is 17.2 Å². The Balaban J connectivity index is 0.923. The van der Waals surface area contributed by atoms with Crippen LogP contribution < -0.4 is 20.1 Å². The van der Waals surface area contributed by atoms with Crippen molar-refractivity contribution in [2.24, 2.45) is 5.92 Å². The number of fused-ring (bicyclic) bond motifs is 7. The van der Waals surface area contributed by atoms with E-state index >= 15 is 0 Å². The second-order valence-corrected chi connectivity index (χ2v) is 26.6. The van der Waals surface area contributed by atoms with Crippen LogP contribution in [0.15, 0.2) is 157 Å². The molecular formula is C59H61NO2P2. The van der Waals surface area contributed by atoms with Gasteiger partial charge < -0.3 is 4.74 Å². The van der Waals surface area contributed by atoms with E-state index in [1.54, 1.807) is 0 Å². The van der Waals surface area contributed by atoms with Gasteiger partial charge in [-0.15, -0.1) is 0 Å². The van der Waals surface area contributed by atoms with E-state index in [0.29, 0.717) is 22.9 Å². The zero-order valence-electron chi connectivity index (χ0n) is 38.1. The van der Waals surface area contributed by atoms with Gasteiger partial charge in [0, 0.05) is 0 Å². The van der Waals surface area contributed by atoms with Crippen LogP contribution in [0.25, 0.3) is 27.8 Å². The summed E-state index contributed by atoms with van der Waals surface area (Å²) in [7, 11) is -2.52. The number of ether oxygens (including phenoxy) is 2. The molecule has 5 aliphatic rings. The van der Waals surface area contributed by atoms with E-state index in [0.717, 1.165) is 42.9 Å². The van der Waals surface area contributed by atoms with Crippen molar-refractivity contribution in [3.63, 3.8) is 0 Å². The van der Waals surface area contributed by atoms with Gasteiger partial charge in [0.1, 0.15) is 11.9 Å². The molecule has 1 fully saturated rings. The van der Waals surface area contributed by atoms with E-state index in [-0.39, 0.29) is 19.9 Å². The van der Waals surface area contributed by atoms with Crippen LogP contribution in [0.2, 0.25) is 0 Å². The molecule has 5 aromatic carbocycles. The average Bonchev–Trinajstić information content (AvgIpc) is 3.62. The van der Waals surface area contributed by atoms with Crippen molar-refractivity contribution in [3.8, 4) is 39.5 Å². The Hall–Kier alpha value is -5.07. The number of hydrogen-bond donors (Lipinski definition) is 0. The average molecular weight is 878 g/mol. The van der Waals surface area contributed by atoms with Gasteiger partial charge in [-0.3, -0.25) is 0 Å². The van der Waals surface area contributed by atoms with Crippen molar-refractivity contribution in [3.05, 3.63) is 185 Å². The third-order valence-electron chi connectivity index (χ3n) is 15.5. The topological polar surface area (TPSA) is 31.4 Å². The fourth-order valence-electron chi connectivity index (χ4n) is 12.0. The van der Waals surface area contributed by atoms with Crippen LogP contribution in [0.4, 0.5) is 0 Å². The molecule has 0 saturated carbocycles. The van der Waals surface area contributed by atoms with Gasteiger partial charge in [-0.1, -0.05) is 47.5 Å². The Kier molecular flexibility index (Phi) is 11.1. The van der Waals surface area contributed by atoms with Gasteiger partial charge in [0.15, 0.2) is 0 Å². The number of benzene rings is 5. The zero-order chi connectivity index (χ0) is 43.5. The first-order valence-corrected chi connectivity index (χ1v) is 28.0. The molecule has 1 spiro atoms. The van der Waals surface area contributed by atoms with E-state index in [2.05, 4.69) is 186 Å². The molecule has 0 radical (unpaired) electrons. The Morgan fingerprint density at radius 2 is 1.34 bits per heavy atom. The summed E-state index contributed by atoms with van der Waals surface area (Å²) < 4.78 is 13.5. The summed E-state index contributed by atoms with van der Waals surface area (Å²) in [6.45, 7) is 11.5. The molecule has 6 aromatic rings. The Labute approximate surface area is 382 Å². The summed E-state index contributed by atoms with van der Waals surface area (Å²) in [5, 5.41) is 3.02. The predicted molar refractivity (Wildman–Crippen MR) is 275 cm³/mol. The van der Waals surface area contributed by atoms with Crippen LogP contribution in [0.1, 0.15) is 79.4 Å². The molecule has 5 heteroatoms. The van der Waals surface area contributed by atoms with Crippen molar-refractivity contribution in [1.82, 2.24) is 4.98 Å². The third-order valence-corrected chi connectivity index (χ3v) is 24.1. The normalized spacial score (nSPS) is 25.0. The molecule has 0 N–H and O–H groups in total. The Bertz CT molecular complexity index is 2750. The number of rotatable bonds is 8. The maximum atomic E-state index is 6.76. The Morgan fingerprint density at radius 3 is 2.03 bits per heavy atom. The molecule has 0 amide bonds. The van der Waals surface area contributed by atoms with E-state index in [9.17, 15) is 0 Å². The van der Waals surface area contributed by atoms with Gasteiger partial charge in [-0.25, -0.2) is 0 Å². The van der Waals surface area contributed by atoms with Crippen molar-refractivity contribution in [2.75, 3.05) is 12.8 Å². The number of hydrogen-bond acceptors (Lipinski definition) is 3. The molecule has 6 unspecified atom stereocenters. The van der Waals surface area contributed by atoms with Crippen LogP contribution in [0.3, 0.4) is 0 Å². The van der Waals surface area contributed by atoms with E-state index in [4.69, 9.17) is 14.5 Å². The first-order chi connectivity index (χ1) is 31.2. The quantitative estimate of drug-likeness (QED) is 0.113. The fraction of sp³-hybridized carbons (Fsp3) is 0.305. The maximum absolute atomic E-state index is 6.76. The van der Waals surface area contributed by atoms with E-state index in [1.165, 1.54) is 91.1 Å². The number of aromatic nitrogens is 1. The molecule has 1 aromatic heterocycles. The van der Waals surface area contributed by atoms with Crippen LogP contribution in [-0.4, -0.2) is 40.9 Å². The minimum atomic E-state index is -2.18. The monoisotopic (exact) mass is 877 g/mol. The first kappa shape index (κ1) is 41.6. The minimum Gasteiger partial charge on any atom is -0.489 e. The van der Waals surface area contributed by atoms with Crippen molar-refractivity contribution < 1.29 is 9.47 Å². The molecule has 324 valence electrons. The van der Waals surface area contributed by atoms with Crippen molar-refractivity contribution in [2.45, 2.75) is 95.2 Å². The molecule has 7 atom stereocenters. The number of allylic oxidation sites excluding steroid dienone is 5. The molecule has 64 heavy (non-hydrogen) atoms. The fourth-order valence-corrected chi connectivity index (χ4v) is 21.1. The van der Waals surface area contributed by atoms with Gasteiger partial charge >= 0.3 is 282 Å². The first-order valence-electron chi connectivity index (χ1n) is 23.8. The SMILES string of the molecule is CC1=CC(P(C)C2C=CC(c3cc(-c4ccc(-c5ccccc5)cc4)cc(C4=CCC5C[C@H]4C[PH]54c5cc(C)ccc5Oc5ccc(C)cc54)n3)CC2)C(Oc2ccc(C)cc2)CC1. The second-order valence-electron chi connectivity index (χ2n) is 19.7.